The van der Waals surface area contributed by atoms with Gasteiger partial charge < -0.3 is 14.5 Å². The minimum absolute atomic E-state index is 0.0314. The Labute approximate surface area is 130 Å². The van der Waals surface area contributed by atoms with E-state index < -0.39 is 0 Å². The van der Waals surface area contributed by atoms with Crippen LogP contribution in [0.2, 0.25) is 0 Å². The van der Waals surface area contributed by atoms with Crippen molar-refractivity contribution < 1.29 is 14.3 Å². The molecule has 0 bridgehead atoms. The first kappa shape index (κ1) is 14.7. The largest absolute Gasteiger partial charge is 0.498 e. The maximum atomic E-state index is 12.7. The third kappa shape index (κ3) is 2.39. The lowest BCUT2D eigenvalue weighted by Crippen LogP contribution is -2.17. The molecule has 0 spiro atoms. The van der Waals surface area contributed by atoms with Crippen molar-refractivity contribution in [2.45, 2.75) is 39.2 Å². The lowest BCUT2D eigenvalue weighted by atomic mass is 9.83. The molecular weight excluding hydrogens is 278 g/mol. The monoisotopic (exact) mass is 299 g/mol. The van der Waals surface area contributed by atoms with Crippen LogP contribution in [-0.4, -0.2) is 24.0 Å². The van der Waals surface area contributed by atoms with Crippen LogP contribution in [0.5, 0.6) is 5.75 Å². The van der Waals surface area contributed by atoms with Crippen LogP contribution in [0.3, 0.4) is 0 Å². The first-order valence-corrected chi connectivity index (χ1v) is 7.60. The minimum Gasteiger partial charge on any atom is -0.498 e. The number of methoxy groups -OCH3 is 1. The summed E-state index contributed by atoms with van der Waals surface area (Å²) in [5.41, 5.74) is 3.46. The fourth-order valence-corrected chi connectivity index (χ4v) is 3.01. The molecule has 0 radical (unpaired) electrons. The van der Waals surface area contributed by atoms with Crippen LogP contribution >= 0.6 is 0 Å². The number of ether oxygens (including phenoxy) is 2. The first-order valence-electron chi connectivity index (χ1n) is 7.60. The summed E-state index contributed by atoms with van der Waals surface area (Å²) in [6, 6.07) is 5.85. The molecule has 4 heteroatoms. The van der Waals surface area contributed by atoms with E-state index in [1.165, 1.54) is 0 Å². The topological polar surface area (TPSA) is 51.3 Å². The molecular formula is C18H21NO3. The van der Waals surface area contributed by atoms with Crippen molar-refractivity contribution in [2.75, 3.05) is 7.11 Å². The predicted octanol–water partition coefficient (Wildman–Crippen LogP) is 4.18. The van der Waals surface area contributed by atoms with E-state index in [1.54, 1.807) is 13.4 Å². The van der Waals surface area contributed by atoms with E-state index in [0.717, 1.165) is 27.8 Å². The second-order valence-corrected chi connectivity index (χ2v) is 6.09. The third-order valence-electron chi connectivity index (χ3n) is 4.07. The van der Waals surface area contributed by atoms with Crippen molar-refractivity contribution in [3.05, 3.63) is 41.3 Å². The first-order chi connectivity index (χ1) is 10.5. The molecule has 22 heavy (non-hydrogen) atoms. The van der Waals surface area contributed by atoms with E-state index in [4.69, 9.17) is 9.47 Å². The van der Waals surface area contributed by atoms with Crippen molar-refractivity contribution >= 4 is 16.7 Å². The molecule has 1 unspecified atom stereocenters. The Hall–Kier alpha value is -2.23. The Morgan fingerprint density at radius 2 is 2.14 bits per heavy atom. The van der Waals surface area contributed by atoms with Crippen LogP contribution in [0.25, 0.3) is 10.9 Å². The van der Waals surface area contributed by atoms with Crippen LogP contribution in [0, 0.1) is 0 Å². The van der Waals surface area contributed by atoms with Gasteiger partial charge >= 0.3 is 0 Å². The number of benzene rings is 1. The standard InChI is InChI=1S/C18H21NO3/c1-10(2)22-9-12-7-11(3)16-14-8-13(21-4)5-6-15(14)19-17(16)18(12)20/h5-6,8-11,19H,7H2,1-4H3/b12-9+. The number of H-pyrrole nitrogens is 1. The lowest BCUT2D eigenvalue weighted by Gasteiger charge is -2.21. The van der Waals surface area contributed by atoms with E-state index in [-0.39, 0.29) is 17.8 Å². The summed E-state index contributed by atoms with van der Waals surface area (Å²) in [4.78, 5) is 16.0. The number of carbonyl (C=O) groups is 1. The maximum absolute atomic E-state index is 12.7. The summed E-state index contributed by atoms with van der Waals surface area (Å²) in [6.07, 6.45) is 2.39. The molecule has 116 valence electrons. The van der Waals surface area contributed by atoms with Gasteiger partial charge in [0.15, 0.2) is 0 Å². The second kappa shape index (κ2) is 5.52. The fourth-order valence-electron chi connectivity index (χ4n) is 3.01. The molecule has 0 aliphatic heterocycles. The molecule has 1 aromatic heterocycles. The van der Waals surface area contributed by atoms with Crippen molar-refractivity contribution in [3.63, 3.8) is 0 Å². The molecule has 1 atom stereocenters. The number of hydrogen-bond donors (Lipinski definition) is 1. The van der Waals surface area contributed by atoms with Gasteiger partial charge in [-0.3, -0.25) is 4.79 Å². The molecule has 4 nitrogen and oxygen atoms in total. The quantitative estimate of drug-likeness (QED) is 0.683. The molecule has 1 heterocycles. The number of nitrogens with one attached hydrogen (secondary N) is 1. The number of aromatic amines is 1. The number of allylic oxidation sites excluding steroid dienone is 1. The SMILES string of the molecule is COc1ccc2[nH]c3c(c2c1)C(C)C/C(=C\OC(C)C)C3=O. The van der Waals surface area contributed by atoms with Crippen LogP contribution in [0.4, 0.5) is 0 Å². The van der Waals surface area contributed by atoms with Gasteiger partial charge in [-0.1, -0.05) is 6.92 Å². The molecule has 0 amide bonds. The van der Waals surface area contributed by atoms with Crippen LogP contribution in [-0.2, 0) is 4.74 Å². The minimum atomic E-state index is 0.0314. The summed E-state index contributed by atoms with van der Waals surface area (Å²) < 4.78 is 10.8. The van der Waals surface area contributed by atoms with Gasteiger partial charge in [0, 0.05) is 16.5 Å². The van der Waals surface area contributed by atoms with Gasteiger partial charge in [0.05, 0.1) is 25.2 Å². The Morgan fingerprint density at radius 1 is 1.36 bits per heavy atom. The number of carbonyl (C=O) groups excluding carboxylic acids is 1. The molecule has 0 saturated carbocycles. The molecule has 2 aromatic rings. The van der Waals surface area contributed by atoms with Gasteiger partial charge in [-0.05, 0) is 49.9 Å². The molecule has 1 aliphatic rings. The van der Waals surface area contributed by atoms with Crippen molar-refractivity contribution in [1.29, 1.82) is 0 Å². The van der Waals surface area contributed by atoms with Crippen LogP contribution in [0.15, 0.2) is 30.0 Å². The molecule has 0 saturated heterocycles. The molecule has 1 aromatic carbocycles. The highest BCUT2D eigenvalue weighted by Gasteiger charge is 2.31. The molecule has 1 N–H and O–H groups in total. The van der Waals surface area contributed by atoms with E-state index in [1.807, 2.05) is 32.0 Å². The van der Waals surface area contributed by atoms with Gasteiger partial charge in [-0.25, -0.2) is 0 Å². The summed E-state index contributed by atoms with van der Waals surface area (Å²) in [5, 5.41) is 1.07. The van der Waals surface area contributed by atoms with Gasteiger partial charge in [0.1, 0.15) is 5.75 Å². The number of fused-ring (bicyclic) bond motifs is 3. The van der Waals surface area contributed by atoms with E-state index in [2.05, 4.69) is 11.9 Å². The van der Waals surface area contributed by atoms with E-state index in [9.17, 15) is 4.79 Å². The zero-order chi connectivity index (χ0) is 15.9. The number of ketones is 1. The summed E-state index contributed by atoms with van der Waals surface area (Å²) in [7, 11) is 1.65. The fraction of sp³-hybridized carbons (Fsp3) is 0.389. The maximum Gasteiger partial charge on any atom is 0.208 e. The van der Waals surface area contributed by atoms with Crippen molar-refractivity contribution in [1.82, 2.24) is 4.98 Å². The number of aromatic nitrogens is 1. The highest BCUT2D eigenvalue weighted by molar-refractivity contribution is 6.13. The van der Waals surface area contributed by atoms with Crippen molar-refractivity contribution in [2.24, 2.45) is 0 Å². The van der Waals surface area contributed by atoms with Gasteiger partial charge in [-0.2, -0.15) is 0 Å². The predicted molar refractivity (Wildman–Crippen MR) is 86.5 cm³/mol. The van der Waals surface area contributed by atoms with Crippen LogP contribution in [0.1, 0.15) is 49.2 Å². The number of Topliss-reactive ketones (excluding diaryl/α,β-unsaturated/α-hetero) is 1. The number of rotatable bonds is 3. The van der Waals surface area contributed by atoms with Crippen LogP contribution < -0.4 is 4.74 Å². The normalized spacial score (nSPS) is 19.8. The zero-order valence-corrected chi connectivity index (χ0v) is 13.4. The summed E-state index contributed by atoms with van der Waals surface area (Å²) in [5.74, 6) is 1.10. The lowest BCUT2D eigenvalue weighted by molar-refractivity contribution is 0.100. The zero-order valence-electron chi connectivity index (χ0n) is 13.4. The third-order valence-corrected chi connectivity index (χ3v) is 4.07. The van der Waals surface area contributed by atoms with Gasteiger partial charge in [0.25, 0.3) is 0 Å². The van der Waals surface area contributed by atoms with Gasteiger partial charge in [-0.15, -0.1) is 0 Å². The Kier molecular flexibility index (Phi) is 3.69. The van der Waals surface area contributed by atoms with Gasteiger partial charge in [0.2, 0.25) is 5.78 Å². The molecule has 3 rings (SSSR count). The Morgan fingerprint density at radius 3 is 2.82 bits per heavy atom. The van der Waals surface area contributed by atoms with Crippen molar-refractivity contribution in [3.8, 4) is 5.75 Å². The Balaban J connectivity index is 2.10. The summed E-state index contributed by atoms with van der Waals surface area (Å²) in [6.45, 7) is 6.05. The average molecular weight is 299 g/mol. The Bertz CT molecular complexity index is 755. The molecule has 0 fully saturated rings. The summed E-state index contributed by atoms with van der Waals surface area (Å²) >= 11 is 0. The average Bonchev–Trinajstić information content (AvgIpc) is 2.88. The van der Waals surface area contributed by atoms with E-state index in [0.29, 0.717) is 12.1 Å². The second-order valence-electron chi connectivity index (χ2n) is 6.09. The molecule has 1 aliphatic carbocycles. The number of hydrogen-bond acceptors (Lipinski definition) is 3. The highest BCUT2D eigenvalue weighted by atomic mass is 16.5. The highest BCUT2D eigenvalue weighted by Crippen LogP contribution is 2.40. The van der Waals surface area contributed by atoms with E-state index >= 15 is 0 Å². The smallest absolute Gasteiger partial charge is 0.208 e.